The van der Waals surface area contributed by atoms with E-state index in [1.807, 2.05) is 48.7 Å². The third-order valence-corrected chi connectivity index (χ3v) is 6.19. The van der Waals surface area contributed by atoms with Crippen molar-refractivity contribution in [3.8, 4) is 17.2 Å². The Bertz CT molecular complexity index is 1100. The van der Waals surface area contributed by atoms with Crippen molar-refractivity contribution in [3.63, 3.8) is 0 Å². The van der Waals surface area contributed by atoms with Crippen LogP contribution in [0.1, 0.15) is 44.6 Å². The number of aromatic nitrogens is 1. The average molecular weight is 477 g/mol. The topological polar surface area (TPSA) is 81.1 Å². The summed E-state index contributed by atoms with van der Waals surface area (Å²) in [4.78, 5) is 17.8. The molecule has 0 amide bonds. The van der Waals surface area contributed by atoms with Gasteiger partial charge in [-0.2, -0.15) is 0 Å². The second kappa shape index (κ2) is 11.6. The highest BCUT2D eigenvalue weighted by molar-refractivity contribution is 5.73. The summed E-state index contributed by atoms with van der Waals surface area (Å²) in [5.41, 5.74) is 2.94. The summed E-state index contributed by atoms with van der Waals surface area (Å²) in [6, 6.07) is 17.4. The Morgan fingerprint density at radius 2 is 1.83 bits per heavy atom. The van der Waals surface area contributed by atoms with Gasteiger partial charge in [0.05, 0.1) is 13.2 Å². The first kappa shape index (κ1) is 24.4. The average Bonchev–Trinajstić information content (AvgIpc) is 3.40. The molecule has 2 aromatic carbocycles. The Balaban J connectivity index is 1.65. The number of methoxy groups -OCH3 is 1. The molecule has 0 spiro atoms. The minimum absolute atomic E-state index is 0.211. The Morgan fingerprint density at radius 1 is 1.09 bits per heavy atom. The predicted octanol–water partition coefficient (Wildman–Crippen LogP) is 5.99. The molecule has 0 bridgehead atoms. The lowest BCUT2D eigenvalue weighted by Crippen LogP contribution is -2.25. The maximum absolute atomic E-state index is 11.3. The number of benzene rings is 2. The maximum atomic E-state index is 11.3. The number of hydrogen-bond donors (Lipinski definition) is 1. The van der Waals surface area contributed by atoms with Crippen molar-refractivity contribution in [1.82, 2.24) is 4.98 Å². The lowest BCUT2D eigenvalue weighted by Gasteiger charge is -2.27. The largest absolute Gasteiger partial charge is 0.493 e. The van der Waals surface area contributed by atoms with E-state index in [1.165, 1.54) is 12.8 Å². The van der Waals surface area contributed by atoms with E-state index >= 15 is 0 Å². The molecule has 1 unspecified atom stereocenters. The van der Waals surface area contributed by atoms with E-state index < -0.39 is 12.1 Å². The molecule has 3 aromatic rings. The molecule has 1 fully saturated rings. The van der Waals surface area contributed by atoms with Gasteiger partial charge < -0.3 is 24.2 Å². The molecule has 1 aromatic heterocycles. The van der Waals surface area contributed by atoms with Gasteiger partial charge in [-0.15, -0.1) is 0 Å². The van der Waals surface area contributed by atoms with Crippen molar-refractivity contribution < 1.29 is 24.1 Å². The van der Waals surface area contributed by atoms with E-state index in [1.54, 1.807) is 32.4 Å². The number of aliphatic carboxylic acids is 1. The number of ether oxygens (including phenoxy) is 3. The summed E-state index contributed by atoms with van der Waals surface area (Å²) in [7, 11) is 1.66. The van der Waals surface area contributed by atoms with Crippen molar-refractivity contribution >= 4 is 17.3 Å². The Morgan fingerprint density at radius 3 is 2.46 bits per heavy atom. The molecule has 0 aliphatic heterocycles. The zero-order valence-corrected chi connectivity index (χ0v) is 20.2. The minimum Gasteiger partial charge on any atom is -0.493 e. The third-order valence-electron chi connectivity index (χ3n) is 6.19. The maximum Gasteiger partial charge on any atom is 0.344 e. The van der Waals surface area contributed by atoms with Crippen molar-refractivity contribution in [2.75, 3.05) is 12.0 Å². The molecule has 35 heavy (non-hydrogen) atoms. The van der Waals surface area contributed by atoms with E-state index in [0.717, 1.165) is 35.5 Å². The zero-order valence-electron chi connectivity index (χ0n) is 20.2. The van der Waals surface area contributed by atoms with Gasteiger partial charge in [-0.05, 0) is 80.1 Å². The van der Waals surface area contributed by atoms with E-state index in [-0.39, 0.29) is 6.10 Å². The Labute approximate surface area is 206 Å². The van der Waals surface area contributed by atoms with Gasteiger partial charge in [0, 0.05) is 36.4 Å². The Hall–Kier alpha value is -3.74. The zero-order chi connectivity index (χ0) is 24.6. The molecule has 7 heteroatoms. The minimum atomic E-state index is -0.970. The summed E-state index contributed by atoms with van der Waals surface area (Å²) in [5, 5.41) is 9.30. The summed E-state index contributed by atoms with van der Waals surface area (Å²) in [5.74, 6) is 0.998. The van der Waals surface area contributed by atoms with Crippen LogP contribution in [0.5, 0.6) is 17.2 Å². The molecule has 184 valence electrons. The molecule has 0 radical (unpaired) electrons. The molecular weight excluding hydrogens is 444 g/mol. The molecule has 0 saturated heterocycles. The molecule has 1 aliphatic carbocycles. The first-order chi connectivity index (χ1) is 17.1. The standard InChI is InChI=1S/C28H32N2O5/c1-3-25(28(31)32)34-24-13-10-21(11-14-24)30(19-20-7-6-16-29-18-20)22-12-15-26(33-2)27(17-22)35-23-8-4-5-9-23/h6-7,10-18,23,25H,3-5,8-9,19H2,1-2H3,(H,31,32). The van der Waals surface area contributed by atoms with Gasteiger partial charge in [-0.25, -0.2) is 4.79 Å². The van der Waals surface area contributed by atoms with E-state index in [0.29, 0.717) is 24.5 Å². The summed E-state index contributed by atoms with van der Waals surface area (Å²) in [6.45, 7) is 2.38. The van der Waals surface area contributed by atoms with E-state index in [9.17, 15) is 9.90 Å². The molecule has 1 N–H and O–H groups in total. The lowest BCUT2D eigenvalue weighted by atomic mass is 10.1. The van der Waals surface area contributed by atoms with Gasteiger partial charge in [-0.1, -0.05) is 13.0 Å². The van der Waals surface area contributed by atoms with Crippen molar-refractivity contribution in [3.05, 3.63) is 72.6 Å². The highest BCUT2D eigenvalue weighted by atomic mass is 16.5. The predicted molar refractivity (Wildman–Crippen MR) is 135 cm³/mol. The second-order valence-electron chi connectivity index (χ2n) is 8.65. The van der Waals surface area contributed by atoms with Gasteiger partial charge in [0.15, 0.2) is 17.6 Å². The van der Waals surface area contributed by atoms with Crippen LogP contribution < -0.4 is 19.1 Å². The van der Waals surface area contributed by atoms with Gasteiger partial charge in [-0.3, -0.25) is 4.98 Å². The molecular formula is C28H32N2O5. The molecule has 1 saturated carbocycles. The SMILES string of the molecule is CCC(Oc1ccc(N(Cc2cccnc2)c2ccc(OC)c(OC3CCCC3)c2)cc1)C(=O)O. The quantitative estimate of drug-likeness (QED) is 0.364. The molecule has 1 atom stereocenters. The second-order valence-corrected chi connectivity index (χ2v) is 8.65. The van der Waals surface area contributed by atoms with Gasteiger partial charge in [0.25, 0.3) is 0 Å². The molecule has 7 nitrogen and oxygen atoms in total. The van der Waals surface area contributed by atoms with E-state index in [4.69, 9.17) is 14.2 Å². The smallest absolute Gasteiger partial charge is 0.344 e. The summed E-state index contributed by atoms with van der Waals surface area (Å²) in [6.07, 6.45) is 7.83. The summed E-state index contributed by atoms with van der Waals surface area (Å²) < 4.78 is 17.6. The van der Waals surface area contributed by atoms with Gasteiger partial charge >= 0.3 is 5.97 Å². The van der Waals surface area contributed by atoms with Gasteiger partial charge in [0.1, 0.15) is 5.75 Å². The number of carboxylic acids is 1. The van der Waals surface area contributed by atoms with Crippen LogP contribution in [0.4, 0.5) is 11.4 Å². The fourth-order valence-electron chi connectivity index (χ4n) is 4.29. The normalized spacial score (nSPS) is 14.3. The number of anilines is 2. The first-order valence-electron chi connectivity index (χ1n) is 12.1. The highest BCUT2D eigenvalue weighted by Gasteiger charge is 2.21. The monoisotopic (exact) mass is 476 g/mol. The molecule has 1 heterocycles. The fourth-order valence-corrected chi connectivity index (χ4v) is 4.29. The number of carboxylic acid groups (broad SMARTS) is 1. The highest BCUT2D eigenvalue weighted by Crippen LogP contribution is 2.38. The third kappa shape index (κ3) is 6.23. The van der Waals surface area contributed by atoms with Crippen LogP contribution in [0.2, 0.25) is 0 Å². The van der Waals surface area contributed by atoms with E-state index in [2.05, 4.69) is 9.88 Å². The van der Waals surface area contributed by atoms with Crippen LogP contribution >= 0.6 is 0 Å². The first-order valence-corrected chi connectivity index (χ1v) is 12.1. The number of carbonyl (C=O) groups is 1. The van der Waals surface area contributed by atoms with Crippen LogP contribution in [0.3, 0.4) is 0 Å². The van der Waals surface area contributed by atoms with Crippen LogP contribution in [0.25, 0.3) is 0 Å². The summed E-state index contributed by atoms with van der Waals surface area (Å²) >= 11 is 0. The lowest BCUT2D eigenvalue weighted by molar-refractivity contribution is -0.145. The Kier molecular flexibility index (Phi) is 8.08. The van der Waals surface area contributed by atoms with Crippen LogP contribution in [0, 0.1) is 0 Å². The van der Waals surface area contributed by atoms with Crippen LogP contribution in [-0.2, 0) is 11.3 Å². The van der Waals surface area contributed by atoms with Crippen LogP contribution in [0.15, 0.2) is 67.0 Å². The van der Waals surface area contributed by atoms with Crippen molar-refractivity contribution in [2.24, 2.45) is 0 Å². The van der Waals surface area contributed by atoms with Crippen molar-refractivity contribution in [2.45, 2.75) is 57.8 Å². The number of rotatable bonds is 11. The van der Waals surface area contributed by atoms with Crippen LogP contribution in [-0.4, -0.2) is 35.4 Å². The molecule has 1 aliphatic rings. The fraction of sp³-hybridized carbons (Fsp3) is 0.357. The molecule has 4 rings (SSSR count). The van der Waals surface area contributed by atoms with Crippen molar-refractivity contribution in [1.29, 1.82) is 0 Å². The number of pyridine rings is 1. The number of hydrogen-bond acceptors (Lipinski definition) is 6. The number of nitrogens with zero attached hydrogens (tertiary/aromatic N) is 2. The van der Waals surface area contributed by atoms with Gasteiger partial charge in [0.2, 0.25) is 0 Å².